The first-order valence-electron chi connectivity index (χ1n) is 11.3. The molecule has 7 heteroatoms. The zero-order valence-electron chi connectivity index (χ0n) is 19.5. The summed E-state index contributed by atoms with van der Waals surface area (Å²) in [6, 6.07) is 2.28. The summed E-state index contributed by atoms with van der Waals surface area (Å²) in [5.41, 5.74) is 4.88. The van der Waals surface area contributed by atoms with E-state index in [4.69, 9.17) is 4.98 Å². The van der Waals surface area contributed by atoms with Crippen LogP contribution >= 0.6 is 11.3 Å². The number of nitrogens with one attached hydrogen (secondary N) is 3. The molecule has 3 N–H and O–H groups in total. The topological polar surface area (TPSA) is 55.8 Å². The average molecular weight is 434 g/mol. The highest BCUT2D eigenvalue weighted by Crippen LogP contribution is 2.28. The van der Waals surface area contributed by atoms with Crippen molar-refractivity contribution in [2.24, 2.45) is 0 Å². The Hall–Kier alpha value is -1.70. The monoisotopic (exact) mass is 433 g/mol. The number of quaternary nitrogens is 2. The number of carbonyl (C=O) groups excluding carboxylic acids is 1. The second kappa shape index (κ2) is 9.62. The smallest absolute Gasteiger partial charge is 0.275 e. The average Bonchev–Trinajstić information content (AvgIpc) is 3.21. The number of thiazole rings is 1. The van der Waals surface area contributed by atoms with Crippen LogP contribution in [0.25, 0.3) is 11.3 Å². The van der Waals surface area contributed by atoms with Crippen molar-refractivity contribution >= 4 is 17.2 Å². The Morgan fingerprint density at radius 3 is 2.50 bits per heavy atom. The molecule has 1 aliphatic rings. The molecule has 0 saturated carbocycles. The summed E-state index contributed by atoms with van der Waals surface area (Å²) in [5.74, 6) is 0.159. The summed E-state index contributed by atoms with van der Waals surface area (Å²) >= 11 is 1.78. The zero-order valence-corrected chi connectivity index (χ0v) is 20.3. The van der Waals surface area contributed by atoms with Gasteiger partial charge < -0.3 is 19.7 Å². The lowest BCUT2D eigenvalue weighted by atomic mass is 10.1. The van der Waals surface area contributed by atoms with Gasteiger partial charge >= 0.3 is 0 Å². The number of amides is 1. The molecule has 0 aromatic carbocycles. The van der Waals surface area contributed by atoms with Crippen LogP contribution in [0.5, 0.6) is 0 Å². The van der Waals surface area contributed by atoms with Crippen molar-refractivity contribution < 1.29 is 14.6 Å². The molecule has 1 aliphatic heterocycles. The summed E-state index contributed by atoms with van der Waals surface area (Å²) in [5, 5.41) is 6.51. The number of aromatic nitrogens is 2. The normalized spacial score (nSPS) is 19.8. The lowest BCUT2D eigenvalue weighted by Crippen LogP contribution is -3.28. The molecule has 0 unspecified atom stereocenters. The summed E-state index contributed by atoms with van der Waals surface area (Å²) in [4.78, 5) is 20.1. The molecule has 0 spiro atoms. The van der Waals surface area contributed by atoms with Gasteiger partial charge in [0.2, 0.25) is 0 Å². The number of hydrogen-bond acceptors (Lipinski definition) is 3. The van der Waals surface area contributed by atoms with Crippen molar-refractivity contribution in [2.75, 3.05) is 32.7 Å². The molecule has 0 aliphatic carbocycles. The Morgan fingerprint density at radius 2 is 1.87 bits per heavy atom. The van der Waals surface area contributed by atoms with Gasteiger partial charge in [-0.3, -0.25) is 4.79 Å². The Kier molecular flexibility index (Phi) is 7.37. The van der Waals surface area contributed by atoms with Gasteiger partial charge in [-0.05, 0) is 47.1 Å². The van der Waals surface area contributed by atoms with Gasteiger partial charge in [-0.25, -0.2) is 4.98 Å². The highest BCUT2D eigenvalue weighted by molar-refractivity contribution is 7.09. The molecule has 0 bridgehead atoms. The highest BCUT2D eigenvalue weighted by Gasteiger charge is 2.27. The van der Waals surface area contributed by atoms with Gasteiger partial charge in [0.1, 0.15) is 37.7 Å². The van der Waals surface area contributed by atoms with E-state index in [9.17, 15) is 4.79 Å². The van der Waals surface area contributed by atoms with Crippen LogP contribution in [0.1, 0.15) is 50.5 Å². The minimum Gasteiger partial charge on any atom is -0.348 e. The van der Waals surface area contributed by atoms with Crippen LogP contribution in [0.2, 0.25) is 0 Å². The fraction of sp³-hybridized carbons (Fsp3) is 0.652. The first-order chi connectivity index (χ1) is 14.2. The first-order valence-corrected chi connectivity index (χ1v) is 12.1. The van der Waals surface area contributed by atoms with Gasteiger partial charge in [-0.1, -0.05) is 6.92 Å². The van der Waals surface area contributed by atoms with Crippen LogP contribution in [-0.4, -0.2) is 53.7 Å². The molecule has 1 fully saturated rings. The number of nitrogens with zero attached hydrogens (tertiary/aromatic N) is 2. The van der Waals surface area contributed by atoms with Crippen molar-refractivity contribution in [3.8, 4) is 11.3 Å². The van der Waals surface area contributed by atoms with Gasteiger partial charge in [0.15, 0.2) is 6.54 Å². The summed E-state index contributed by atoms with van der Waals surface area (Å²) in [6.45, 7) is 19.6. The highest BCUT2D eigenvalue weighted by atomic mass is 32.1. The molecule has 1 saturated heterocycles. The van der Waals surface area contributed by atoms with E-state index in [1.165, 1.54) is 26.9 Å². The molecule has 0 radical (unpaired) electrons. The number of carbonyl (C=O) groups is 1. The van der Waals surface area contributed by atoms with Crippen molar-refractivity contribution in [2.45, 2.75) is 66.6 Å². The molecule has 3 heterocycles. The summed E-state index contributed by atoms with van der Waals surface area (Å²) in [7, 11) is 0. The Morgan fingerprint density at radius 1 is 1.20 bits per heavy atom. The van der Waals surface area contributed by atoms with E-state index >= 15 is 0 Å². The fourth-order valence-corrected chi connectivity index (χ4v) is 5.22. The van der Waals surface area contributed by atoms with Crippen LogP contribution in [0.3, 0.4) is 0 Å². The van der Waals surface area contributed by atoms with Gasteiger partial charge in [0.25, 0.3) is 5.91 Å². The molecular weight excluding hydrogens is 394 g/mol. The second-order valence-corrected chi connectivity index (χ2v) is 10.7. The third-order valence-corrected chi connectivity index (χ3v) is 6.69. The predicted octanol–water partition coefficient (Wildman–Crippen LogP) is 0.837. The van der Waals surface area contributed by atoms with Crippen molar-refractivity contribution in [3.63, 3.8) is 0 Å². The van der Waals surface area contributed by atoms with Gasteiger partial charge in [-0.2, -0.15) is 0 Å². The molecule has 6 nitrogen and oxygen atoms in total. The maximum absolute atomic E-state index is 12.2. The minimum absolute atomic E-state index is 0.152. The molecule has 166 valence electrons. The summed E-state index contributed by atoms with van der Waals surface area (Å²) in [6.07, 6.45) is 1.15. The minimum atomic E-state index is -0.152. The van der Waals surface area contributed by atoms with Crippen LogP contribution in [-0.2, 0) is 17.9 Å². The van der Waals surface area contributed by atoms with Gasteiger partial charge in [0, 0.05) is 34.4 Å². The van der Waals surface area contributed by atoms with E-state index in [1.807, 2.05) is 20.8 Å². The van der Waals surface area contributed by atoms with E-state index in [1.54, 1.807) is 16.2 Å². The Bertz CT molecular complexity index is 856. The van der Waals surface area contributed by atoms with E-state index in [0.29, 0.717) is 6.54 Å². The first kappa shape index (κ1) is 23.0. The van der Waals surface area contributed by atoms with E-state index in [0.717, 1.165) is 51.4 Å². The largest absolute Gasteiger partial charge is 0.348 e. The lowest BCUT2D eigenvalue weighted by molar-refractivity contribution is -1.02. The number of aryl methyl sites for hydroxylation is 1. The van der Waals surface area contributed by atoms with Crippen molar-refractivity contribution in [3.05, 3.63) is 27.8 Å². The molecule has 0 atom stereocenters. The summed E-state index contributed by atoms with van der Waals surface area (Å²) < 4.78 is 2.40. The van der Waals surface area contributed by atoms with Crippen LogP contribution < -0.4 is 15.1 Å². The molecule has 2 aromatic rings. The molecular formula is C23H39N5OS+2. The standard InChI is InChI=1S/C23H37N5OS/c1-7-8-28-17(2)13-19(18(28)3)20-16-30-22(24-20)15-27-11-9-26(10-12-27)14-21(29)25-23(4,5)6/h13,16H,7-12,14-15H2,1-6H3,(H,25,29)/p+2. The Balaban J connectivity index is 1.53. The lowest BCUT2D eigenvalue weighted by Gasteiger charge is -2.29. The van der Waals surface area contributed by atoms with Crippen LogP contribution in [0.4, 0.5) is 0 Å². The maximum Gasteiger partial charge on any atom is 0.275 e. The van der Waals surface area contributed by atoms with E-state index in [2.05, 4.69) is 42.1 Å². The van der Waals surface area contributed by atoms with Crippen molar-refractivity contribution in [1.29, 1.82) is 0 Å². The van der Waals surface area contributed by atoms with E-state index in [-0.39, 0.29) is 11.4 Å². The molecule has 30 heavy (non-hydrogen) atoms. The quantitative estimate of drug-likeness (QED) is 0.606. The Labute approximate surface area is 185 Å². The van der Waals surface area contributed by atoms with Crippen LogP contribution in [0, 0.1) is 13.8 Å². The zero-order chi connectivity index (χ0) is 21.9. The molecule has 1 amide bonds. The van der Waals surface area contributed by atoms with Gasteiger partial charge in [-0.15, -0.1) is 11.3 Å². The van der Waals surface area contributed by atoms with Gasteiger partial charge in [0.05, 0.1) is 5.69 Å². The SMILES string of the molecule is CCCn1c(C)cc(-c2csc(C[NH+]3CC[NH+](CC(=O)NC(C)(C)C)CC3)n2)c1C. The number of rotatable bonds is 7. The van der Waals surface area contributed by atoms with Crippen molar-refractivity contribution in [1.82, 2.24) is 14.9 Å². The third-order valence-electron chi connectivity index (χ3n) is 5.84. The van der Waals surface area contributed by atoms with Crippen LogP contribution in [0.15, 0.2) is 11.4 Å². The molecule has 2 aromatic heterocycles. The fourth-order valence-electron chi connectivity index (χ4n) is 4.36. The maximum atomic E-state index is 12.2. The predicted molar refractivity (Wildman–Crippen MR) is 123 cm³/mol. The number of hydrogen-bond donors (Lipinski definition) is 3. The number of piperazine rings is 1. The molecule has 3 rings (SSSR count). The second-order valence-electron chi connectivity index (χ2n) is 9.71. The third kappa shape index (κ3) is 5.93. The van der Waals surface area contributed by atoms with E-state index < -0.39 is 0 Å².